The molecule has 0 spiro atoms. The van der Waals surface area contributed by atoms with Gasteiger partial charge in [-0.3, -0.25) is 24.0 Å². The molecule has 20 aliphatic rings. The summed E-state index contributed by atoms with van der Waals surface area (Å²) in [4.78, 5) is 96.0. The Hall–Kier alpha value is -6.22. The third kappa shape index (κ3) is 19.9. The first-order valence-electron chi connectivity index (χ1n) is 59.1. The number of H-pyrrole nitrogens is 3. The summed E-state index contributed by atoms with van der Waals surface area (Å²) in [6.45, 7) is 15.4. The van der Waals surface area contributed by atoms with E-state index in [9.17, 15) is 75.8 Å². The van der Waals surface area contributed by atoms with Crippen molar-refractivity contribution in [3.05, 3.63) is 91.4 Å². The van der Waals surface area contributed by atoms with Crippen molar-refractivity contribution in [2.24, 2.45) is 205 Å². The molecule has 0 aromatic carbocycles. The molecule has 0 radical (unpaired) electrons. The summed E-state index contributed by atoms with van der Waals surface area (Å²) >= 11 is 0. The van der Waals surface area contributed by atoms with E-state index in [4.69, 9.17) is 8.83 Å². The van der Waals surface area contributed by atoms with Crippen LogP contribution in [0.3, 0.4) is 0 Å². The average molecular weight is 2050 g/mol. The molecule has 25 rings (SSSR count). The second-order valence-corrected chi connectivity index (χ2v) is 54.8. The summed E-state index contributed by atoms with van der Waals surface area (Å²) in [6.07, 6.45) is 56.1. The summed E-state index contributed by atoms with van der Waals surface area (Å²) in [6, 6.07) is 0. The van der Waals surface area contributed by atoms with E-state index in [1.165, 1.54) is 96.2 Å². The number of aromatic amines is 3. The molecule has 0 aliphatic heterocycles. The molecule has 0 saturated heterocycles. The molecule has 147 heavy (non-hydrogen) atoms. The van der Waals surface area contributed by atoms with Gasteiger partial charge in [-0.25, -0.2) is 38.1 Å². The lowest BCUT2D eigenvalue weighted by Crippen LogP contribution is -2.55. The van der Waals surface area contributed by atoms with E-state index < -0.39 is 47.3 Å². The smallest absolute Gasteiger partial charge is 0.417 e. The van der Waals surface area contributed by atoms with E-state index in [-0.39, 0.29) is 112 Å². The van der Waals surface area contributed by atoms with Gasteiger partial charge in [0.15, 0.2) is 5.60 Å². The second-order valence-electron chi connectivity index (χ2n) is 54.8. The van der Waals surface area contributed by atoms with E-state index in [0.717, 1.165) is 237 Å². The molecule has 26 heteroatoms. The fraction of sp³-hybridized carbons (Fsp3) is 0.835. The Morgan fingerprint density at radius 3 is 0.932 bits per heavy atom. The Morgan fingerprint density at radius 1 is 0.333 bits per heavy atom. The van der Waals surface area contributed by atoms with Crippen LogP contribution in [-0.4, -0.2) is 142 Å². The first kappa shape index (κ1) is 106. The highest BCUT2D eigenvalue weighted by Crippen LogP contribution is 2.73. The molecule has 812 valence electrons. The van der Waals surface area contributed by atoms with E-state index in [0.29, 0.717) is 151 Å². The van der Waals surface area contributed by atoms with Gasteiger partial charge < -0.3 is 49.3 Å². The molecule has 0 amide bonds. The molecule has 5 aromatic rings. The highest BCUT2D eigenvalue weighted by atomic mass is 19.4. The summed E-state index contributed by atoms with van der Waals surface area (Å²) in [7, 11) is 0. The normalized spacial score (nSPS) is 46.3. The van der Waals surface area contributed by atoms with Crippen LogP contribution in [0.15, 0.2) is 70.9 Å². The fourth-order valence-electron chi connectivity index (χ4n) is 41.6. The minimum absolute atomic E-state index is 0.000940. The van der Waals surface area contributed by atoms with Crippen molar-refractivity contribution >= 4 is 28.9 Å². The predicted octanol–water partition coefficient (Wildman–Crippen LogP) is 24.4. The van der Waals surface area contributed by atoms with Crippen LogP contribution in [-0.2, 0) is 56.1 Å². The van der Waals surface area contributed by atoms with Gasteiger partial charge in [0.2, 0.25) is 11.8 Å². The number of rotatable bonds is 18. The van der Waals surface area contributed by atoms with Crippen molar-refractivity contribution in [1.82, 2.24) is 39.9 Å². The zero-order valence-electron chi connectivity index (χ0n) is 89.0. The van der Waals surface area contributed by atoms with E-state index >= 15 is 0 Å². The number of nitrogens with one attached hydrogen (secondary N) is 3. The second kappa shape index (κ2) is 41.5. The maximum Gasteiger partial charge on any atom is 0.417 e. The summed E-state index contributed by atoms with van der Waals surface area (Å²) in [5.74, 6) is 20.9. The lowest BCUT2D eigenvalue weighted by Gasteiger charge is -2.57. The number of imidazole rings is 3. The topological polar surface area (TPSA) is 325 Å². The van der Waals surface area contributed by atoms with Crippen LogP contribution in [0.4, 0.5) is 26.3 Å². The van der Waals surface area contributed by atoms with Gasteiger partial charge in [0.05, 0.1) is 61.3 Å². The van der Waals surface area contributed by atoms with Gasteiger partial charge in [0.25, 0.3) is 6.43 Å². The molecule has 40 atom stereocenters. The number of carbonyl (C=O) groups excluding carboxylic acids is 5. The lowest BCUT2D eigenvalue weighted by atomic mass is 9.48. The van der Waals surface area contributed by atoms with E-state index in [1.54, 1.807) is 43.4 Å². The molecule has 20 nitrogen and oxygen atoms in total. The van der Waals surface area contributed by atoms with Crippen molar-refractivity contribution in [2.45, 2.75) is 417 Å². The molecule has 8 N–H and O–H groups in total. The first-order valence-corrected chi connectivity index (χ1v) is 59.1. The third-order valence-electron chi connectivity index (χ3n) is 48.6. The number of alkyl halides is 6. The standard InChI is InChI=1S/C25H38N2O2.C24H33F3N2O2.C24H33F2NO3.C24H34FNO3.C24H36N2O2/c1-3-25(29)11-9-17-16(15-25)4-5-19-18(17)8-10-24(2)20(19)6-7-21(24)22(28)14-23-26-12-13-27-23;1-22-8-6-16-15-7-9-23(31,24(25,26)27)13-14(15)2-3-17(16)18(22)4-5-19(22)20(30)12-21-28-10-11-29-21;1-23-8-6-16-15-7-9-24(29,22(25)26)13-14(15)2-3-17(16)18(23)4-5-19(23)20(28)12-21-27-10-11-30-21;1-23-8-6-17-16-7-9-24(28,14-25)13-15(16)2-3-18(17)19(23)4-5-20(23)21(27)12-22-26-10-11-29-22;1-23(28)9-7-16-15(14-23)3-4-18-17(16)8-10-24(2)19(18)5-6-20(24)21(27)13-22-25-11-12-26-22/h12-13,16-21,29H,3-11,14-15H2,1-2H3,(H,26,27);10-11,14-19,31H,2-9,12-13H2,1H3,(H,28,29);10-11,14-19,22,29H,2-9,12-13H2,1H3;10-11,15-20,28H,2-9,12-14H2,1H3;11-12,15-20,28H,3-10,13-14H2,1-2H3,(H,25,26)/t16-,17+,18-,19-,20+,21-,24+,25-;14-,15+,16-,17-,18+,19-,22+,23-;14-,15+,16-,17-,18+,19-,23+,24-;15-,16+,17-,18-,19+,20-,23+,24-;15-,16+,17-,18-,19+,20-,23-,24+/m11111/s1. The molecular weight excluding hydrogens is 1870 g/mol. The summed E-state index contributed by atoms with van der Waals surface area (Å²) in [5.41, 5.74) is -5.65. The Morgan fingerprint density at radius 2 is 0.626 bits per heavy atom. The minimum atomic E-state index is -4.53. The summed E-state index contributed by atoms with van der Waals surface area (Å²) < 4.78 is 91.0. The number of fused-ring (bicyclic) bond motifs is 25. The van der Waals surface area contributed by atoms with Crippen LogP contribution in [0.5, 0.6) is 0 Å². The molecule has 0 bridgehead atoms. The van der Waals surface area contributed by atoms with Crippen LogP contribution in [0.25, 0.3) is 0 Å². The first-order chi connectivity index (χ1) is 70.2. The number of aromatic nitrogens is 8. The number of carbonyl (C=O) groups is 5. The molecule has 5 aromatic heterocycles. The maximum absolute atomic E-state index is 13.4. The van der Waals surface area contributed by atoms with Gasteiger partial charge in [-0.2, -0.15) is 13.2 Å². The van der Waals surface area contributed by atoms with Gasteiger partial charge in [-0.15, -0.1) is 0 Å². The van der Waals surface area contributed by atoms with Crippen LogP contribution >= 0.6 is 0 Å². The lowest BCUT2D eigenvalue weighted by molar-refractivity contribution is -0.282. The van der Waals surface area contributed by atoms with Crippen LogP contribution in [0.2, 0.25) is 0 Å². The molecule has 20 fully saturated rings. The van der Waals surface area contributed by atoms with Crippen molar-refractivity contribution < 1.29 is 84.7 Å². The maximum atomic E-state index is 13.4. The molecule has 5 heterocycles. The highest BCUT2D eigenvalue weighted by Gasteiger charge is 2.68. The Labute approximate surface area is 867 Å². The van der Waals surface area contributed by atoms with Crippen molar-refractivity contribution in [2.75, 3.05) is 6.67 Å². The fourth-order valence-corrected chi connectivity index (χ4v) is 41.6. The van der Waals surface area contributed by atoms with Crippen LogP contribution in [0.1, 0.15) is 373 Å². The van der Waals surface area contributed by atoms with Crippen molar-refractivity contribution in [1.29, 1.82) is 0 Å². The number of oxazole rings is 2. The number of halogens is 6. The van der Waals surface area contributed by atoms with Gasteiger partial charge in [-0.1, -0.05) is 41.5 Å². The zero-order chi connectivity index (χ0) is 103. The Kier molecular flexibility index (Phi) is 30.0. The largest absolute Gasteiger partial charge is 0.449 e. The van der Waals surface area contributed by atoms with Gasteiger partial charge >= 0.3 is 6.18 Å². The Balaban J connectivity index is 0.000000108. The number of aliphatic hydroxyl groups is 5. The summed E-state index contributed by atoms with van der Waals surface area (Å²) in [5, 5.41) is 52.5. The predicted molar refractivity (Wildman–Crippen MR) is 544 cm³/mol. The van der Waals surface area contributed by atoms with Crippen LogP contribution in [0, 0.1) is 205 Å². The highest BCUT2D eigenvalue weighted by molar-refractivity contribution is 5.86. The van der Waals surface area contributed by atoms with E-state index in [2.05, 4.69) is 81.4 Å². The number of hydrogen-bond acceptors (Lipinski definition) is 17. The molecular formula is C121H174F6N8O12. The number of Topliss-reactive ketones (excluding diaryl/α,β-unsaturated/α-hetero) is 5. The zero-order valence-corrected chi connectivity index (χ0v) is 89.0. The minimum Gasteiger partial charge on any atom is -0.449 e. The van der Waals surface area contributed by atoms with Gasteiger partial charge in [-0.05, 0) is 477 Å². The number of hydrogen-bond donors (Lipinski definition) is 8. The molecule has 20 aliphatic carbocycles. The number of ketones is 5. The SMILES string of the molecule is CC[C@@]1(O)CC[C@H]2[C@H](CC[C@@H]3[C@@H]2CC[C@]2(C)[C@@H](C(=O)Cc4ncc[nH]4)CC[C@@H]32)C1.C[C@@]1(O)CC[C@H]2[C@H](CC[C@@H]3[C@@H]2CC[C@]2(C)[C@@H](C(=O)Cc4ncc[nH]4)CC[C@@H]32)C1.C[C@]12CC[C@H]3[C@@H](CC[C@@H]4C[C@@](O)(C(F)(F)F)CC[C@@H]43)[C@@H]1CC[C@@H]2C(=O)Cc1ncc[nH]1.C[C@]12CC[C@H]3[C@@H](CC[C@@H]4C[C@@](O)(C(F)F)CC[C@@H]43)[C@@H]1CC[C@@H]2C(=O)Cc1ncco1.C[C@]12CC[C@H]3[C@@H](CC[C@@H]4C[C@@](O)(CF)CC[C@@H]43)[C@@H]1CC[C@@H]2C(=O)Cc1ncco1. The molecule has 20 saturated carbocycles. The van der Waals surface area contributed by atoms with Crippen LogP contribution < -0.4 is 0 Å². The Bertz CT molecular complexity index is 5210. The molecule has 0 unspecified atom stereocenters. The van der Waals surface area contributed by atoms with E-state index in [1.807, 2.05) is 19.3 Å². The quantitative estimate of drug-likeness (QED) is 0.0378. The van der Waals surface area contributed by atoms with Gasteiger partial charge in [0, 0.05) is 66.8 Å². The average Bonchev–Trinajstić information content (AvgIpc) is 1.65. The van der Waals surface area contributed by atoms with Crippen molar-refractivity contribution in [3.8, 4) is 0 Å². The van der Waals surface area contributed by atoms with Gasteiger partial charge in [0.1, 0.15) is 71.2 Å². The van der Waals surface area contributed by atoms with Crippen molar-refractivity contribution in [3.63, 3.8) is 0 Å². The number of nitrogens with zero attached hydrogens (tertiary/aromatic N) is 5. The monoisotopic (exact) mass is 2050 g/mol. The third-order valence-corrected chi connectivity index (χ3v) is 48.6.